The number of aliphatic imine (C=N–C) groups is 1. The minimum Gasteiger partial charge on any atom is -0.385 e. The van der Waals surface area contributed by atoms with Gasteiger partial charge in [0.2, 0.25) is 5.91 Å². The van der Waals surface area contributed by atoms with Crippen molar-refractivity contribution in [2.75, 3.05) is 18.9 Å². The second-order valence-electron chi connectivity index (χ2n) is 7.57. The molecule has 0 saturated carbocycles. The van der Waals surface area contributed by atoms with E-state index in [0.717, 1.165) is 11.5 Å². The molecule has 1 atom stereocenters. The van der Waals surface area contributed by atoms with Crippen molar-refractivity contribution in [2.45, 2.75) is 32.7 Å². The third kappa shape index (κ3) is 3.30. The number of benzene rings is 1. The van der Waals surface area contributed by atoms with Crippen molar-refractivity contribution >= 4 is 17.6 Å². The summed E-state index contributed by atoms with van der Waals surface area (Å²) in [6, 6.07) is 6.50. The molecule has 2 aromatic rings. The normalized spacial score (nSPS) is 21.4. The zero-order valence-corrected chi connectivity index (χ0v) is 16.5. The first-order chi connectivity index (χ1) is 13.2. The van der Waals surface area contributed by atoms with Crippen LogP contribution in [0.5, 0.6) is 0 Å². The molecule has 0 bridgehead atoms. The zero-order valence-electron chi connectivity index (χ0n) is 16.5. The van der Waals surface area contributed by atoms with E-state index in [0.29, 0.717) is 18.5 Å². The van der Waals surface area contributed by atoms with Gasteiger partial charge in [0.05, 0.1) is 5.41 Å². The van der Waals surface area contributed by atoms with E-state index < -0.39 is 16.8 Å². The number of nitrogens with one attached hydrogen (secondary N) is 1. The maximum absolute atomic E-state index is 14.8. The van der Waals surface area contributed by atoms with E-state index in [1.54, 1.807) is 58.4 Å². The monoisotopic (exact) mass is 384 g/mol. The summed E-state index contributed by atoms with van der Waals surface area (Å²) in [6.45, 7) is 5.84. The summed E-state index contributed by atoms with van der Waals surface area (Å²) >= 11 is 0. The number of rotatable bonds is 5. The molecule has 0 fully saturated rings. The maximum atomic E-state index is 14.8. The quantitative estimate of drug-likeness (QED) is 0.825. The van der Waals surface area contributed by atoms with Crippen LogP contribution in [-0.2, 0) is 16.8 Å². The lowest BCUT2D eigenvalue weighted by atomic mass is 9.67. The van der Waals surface area contributed by atoms with E-state index >= 15 is 0 Å². The van der Waals surface area contributed by atoms with Gasteiger partial charge in [-0.25, -0.2) is 19.4 Å². The minimum atomic E-state index is -1.13. The van der Waals surface area contributed by atoms with E-state index in [9.17, 15) is 9.18 Å². The second kappa shape index (κ2) is 7.18. The van der Waals surface area contributed by atoms with Crippen molar-refractivity contribution in [3.63, 3.8) is 0 Å². The van der Waals surface area contributed by atoms with Crippen LogP contribution in [0.25, 0.3) is 0 Å². The molecule has 1 aliphatic heterocycles. The zero-order chi connectivity index (χ0) is 20.5. The van der Waals surface area contributed by atoms with Crippen LogP contribution in [0.4, 0.5) is 10.1 Å². The highest BCUT2D eigenvalue weighted by Crippen LogP contribution is 2.47. The topological polar surface area (TPSA) is 96.5 Å². The fourth-order valence-electron chi connectivity index (χ4n) is 3.36. The van der Waals surface area contributed by atoms with Crippen LogP contribution in [0.2, 0.25) is 0 Å². The second-order valence-corrected chi connectivity index (χ2v) is 7.57. The van der Waals surface area contributed by atoms with Crippen LogP contribution in [0.3, 0.4) is 0 Å². The lowest BCUT2D eigenvalue weighted by Crippen LogP contribution is -2.58. The van der Waals surface area contributed by atoms with Gasteiger partial charge in [-0.15, -0.1) is 0 Å². The van der Waals surface area contributed by atoms with Crippen molar-refractivity contribution in [3.05, 3.63) is 53.9 Å². The van der Waals surface area contributed by atoms with Gasteiger partial charge < -0.3 is 11.1 Å². The minimum absolute atomic E-state index is 0.0748. The van der Waals surface area contributed by atoms with Gasteiger partial charge in [0.15, 0.2) is 5.96 Å². The molecular weight excluding hydrogens is 359 g/mol. The summed E-state index contributed by atoms with van der Waals surface area (Å²) in [7, 11) is 1.57. The third-order valence-electron chi connectivity index (χ3n) is 5.53. The molecule has 0 unspecified atom stereocenters. The smallest absolute Gasteiger partial charge is 0.237 e. The molecule has 3 N–H and O–H groups in total. The Kier molecular flexibility index (Phi) is 5.06. The predicted octanol–water partition coefficient (Wildman–Crippen LogP) is 2.30. The largest absolute Gasteiger partial charge is 0.385 e. The van der Waals surface area contributed by atoms with Crippen LogP contribution >= 0.6 is 0 Å². The van der Waals surface area contributed by atoms with Crippen LogP contribution in [0.1, 0.15) is 32.2 Å². The van der Waals surface area contributed by atoms with Gasteiger partial charge in [0.1, 0.15) is 17.2 Å². The number of amides is 1. The van der Waals surface area contributed by atoms with Gasteiger partial charge in [0, 0.05) is 43.7 Å². The molecule has 28 heavy (non-hydrogen) atoms. The van der Waals surface area contributed by atoms with Crippen LogP contribution in [-0.4, -0.2) is 40.3 Å². The number of hydrogen-bond donors (Lipinski definition) is 2. The third-order valence-corrected chi connectivity index (χ3v) is 5.53. The molecule has 1 amide bonds. The van der Waals surface area contributed by atoms with Crippen LogP contribution < -0.4 is 11.1 Å². The average Bonchev–Trinajstić information content (AvgIpc) is 2.67. The van der Waals surface area contributed by atoms with Gasteiger partial charge in [-0.1, -0.05) is 0 Å². The summed E-state index contributed by atoms with van der Waals surface area (Å²) < 4.78 is 14.8. The standard InChI is InChI=1S/C20H25FN6O/c1-19(2)17(28)27(4)18(22)26-20(19,3)14-12-13(6-7-15(14)21)23-11-8-16-24-9-5-10-25-16/h5-7,9-10,12,23H,8,11H2,1-4H3,(H2,22,26)/t20-/m1/s1. The number of carbonyl (C=O) groups excluding carboxylic acids is 1. The molecule has 0 spiro atoms. The molecule has 1 aromatic carbocycles. The Bertz CT molecular complexity index is 914. The highest BCUT2D eigenvalue weighted by Gasteiger charge is 2.53. The van der Waals surface area contributed by atoms with Gasteiger partial charge in [-0.05, 0) is 45.0 Å². The van der Waals surface area contributed by atoms with Crippen LogP contribution in [0, 0.1) is 11.2 Å². The first-order valence-electron chi connectivity index (χ1n) is 9.10. The number of anilines is 1. The Labute approximate surface area is 163 Å². The molecule has 8 heteroatoms. The van der Waals surface area contributed by atoms with Crippen molar-refractivity contribution in [3.8, 4) is 0 Å². The first kappa shape index (κ1) is 19.7. The van der Waals surface area contributed by atoms with E-state index in [4.69, 9.17) is 5.73 Å². The Hall–Kier alpha value is -3.03. The van der Waals surface area contributed by atoms with E-state index in [2.05, 4.69) is 20.3 Å². The van der Waals surface area contributed by atoms with Crippen molar-refractivity contribution < 1.29 is 9.18 Å². The van der Waals surface area contributed by atoms with E-state index in [1.165, 1.54) is 11.0 Å². The van der Waals surface area contributed by atoms with Crippen LogP contribution in [0.15, 0.2) is 41.7 Å². The summed E-state index contributed by atoms with van der Waals surface area (Å²) in [4.78, 5) is 27.0. The molecule has 3 rings (SSSR count). The molecule has 1 aromatic heterocycles. The first-order valence-corrected chi connectivity index (χ1v) is 9.10. The number of aromatic nitrogens is 2. The van der Waals surface area contributed by atoms with Gasteiger partial charge in [0.25, 0.3) is 0 Å². The Morgan fingerprint density at radius 3 is 2.57 bits per heavy atom. The molecule has 0 saturated heterocycles. The molecule has 7 nitrogen and oxygen atoms in total. The molecule has 0 radical (unpaired) electrons. The number of nitrogens with zero attached hydrogens (tertiary/aromatic N) is 4. The number of carbonyl (C=O) groups is 1. The van der Waals surface area contributed by atoms with Gasteiger partial charge in [-0.3, -0.25) is 9.69 Å². The molecule has 1 aliphatic rings. The Balaban J connectivity index is 1.89. The summed E-state index contributed by atoms with van der Waals surface area (Å²) in [5.41, 5.74) is 4.88. The fourth-order valence-corrected chi connectivity index (χ4v) is 3.36. The van der Waals surface area contributed by atoms with E-state index in [-0.39, 0.29) is 11.9 Å². The number of guanidine groups is 1. The van der Waals surface area contributed by atoms with Crippen molar-refractivity contribution in [2.24, 2.45) is 16.1 Å². The molecule has 2 heterocycles. The lowest BCUT2D eigenvalue weighted by molar-refractivity contribution is -0.140. The molecule has 148 valence electrons. The average molecular weight is 384 g/mol. The summed E-state index contributed by atoms with van der Waals surface area (Å²) in [5.74, 6) is 0.164. The van der Waals surface area contributed by atoms with Gasteiger partial charge >= 0.3 is 0 Å². The van der Waals surface area contributed by atoms with Crippen molar-refractivity contribution in [1.29, 1.82) is 0 Å². The highest BCUT2D eigenvalue weighted by atomic mass is 19.1. The summed E-state index contributed by atoms with van der Waals surface area (Å²) in [6.07, 6.45) is 4.02. The Morgan fingerprint density at radius 2 is 1.89 bits per heavy atom. The van der Waals surface area contributed by atoms with E-state index in [1.807, 2.05) is 0 Å². The number of nitrogens with two attached hydrogens (primary N) is 1. The Morgan fingerprint density at radius 1 is 1.21 bits per heavy atom. The molecule has 0 aliphatic carbocycles. The number of hydrogen-bond acceptors (Lipinski definition) is 6. The predicted molar refractivity (Wildman–Crippen MR) is 106 cm³/mol. The number of halogens is 1. The fraction of sp³-hybridized carbons (Fsp3) is 0.400. The van der Waals surface area contributed by atoms with Crippen molar-refractivity contribution in [1.82, 2.24) is 14.9 Å². The lowest BCUT2D eigenvalue weighted by Gasteiger charge is -2.46. The SMILES string of the molecule is CN1C(=O)C(C)(C)[C@@](C)(c2cc(NCCc3ncccn3)ccc2F)N=C1N. The maximum Gasteiger partial charge on any atom is 0.237 e. The molecular formula is C20H25FN6O. The van der Waals surface area contributed by atoms with Gasteiger partial charge in [-0.2, -0.15) is 0 Å². The summed E-state index contributed by atoms with van der Waals surface area (Å²) in [5, 5.41) is 3.25. The highest BCUT2D eigenvalue weighted by molar-refractivity contribution is 6.01.